The van der Waals surface area contributed by atoms with Crippen molar-refractivity contribution in [1.29, 1.82) is 0 Å². The average Bonchev–Trinajstić information content (AvgIpc) is 2.93. The van der Waals surface area contributed by atoms with Gasteiger partial charge in [0, 0.05) is 24.9 Å². The van der Waals surface area contributed by atoms with Crippen molar-refractivity contribution in [2.24, 2.45) is 5.92 Å². The third kappa shape index (κ3) is 7.42. The van der Waals surface area contributed by atoms with E-state index in [0.717, 1.165) is 68.1 Å². The summed E-state index contributed by atoms with van der Waals surface area (Å²) in [4.78, 5) is 15.5. The van der Waals surface area contributed by atoms with Crippen molar-refractivity contribution >= 4 is 5.78 Å². The van der Waals surface area contributed by atoms with Crippen LogP contribution < -0.4 is 14.8 Å². The maximum Gasteiger partial charge on any atom is 0.163 e. The highest BCUT2D eigenvalue weighted by molar-refractivity contribution is 5.96. The number of nitrogens with one attached hydrogen (secondary N) is 1. The molecule has 1 aliphatic heterocycles. The number of ether oxygens (including phenoxy) is 2. The minimum Gasteiger partial charge on any atom is -0.497 e. The molecule has 5 nitrogen and oxygen atoms in total. The number of carbonyl (C=O) groups excluding carboxylic acids is 1. The highest BCUT2D eigenvalue weighted by Gasteiger charge is 2.22. The normalized spacial score (nSPS) is 15.4. The molecule has 3 aromatic rings. The van der Waals surface area contributed by atoms with Crippen LogP contribution >= 0.6 is 0 Å². The SMILES string of the molecule is CNCCC(Oc1ccc(OC)cc1)c1ccc(C(=O)CC2CCN(Cc3ccccc3)CC2)cc1. The standard InChI is InChI=1S/C31H38N2O3/c1-32-19-16-31(36-29-14-12-28(35-2)13-15-29)27-10-8-26(9-11-27)30(34)22-24-17-20-33(21-18-24)23-25-6-4-3-5-7-25/h3-15,24,31-32H,16-23H2,1-2H3. The number of piperidine rings is 1. The van der Waals surface area contributed by atoms with Crippen LogP contribution in [0.25, 0.3) is 0 Å². The second-order valence-corrected chi connectivity index (χ2v) is 9.63. The Morgan fingerprint density at radius 3 is 2.25 bits per heavy atom. The molecule has 0 aromatic heterocycles. The number of carbonyl (C=O) groups is 1. The van der Waals surface area contributed by atoms with E-state index in [1.165, 1.54) is 5.56 Å². The van der Waals surface area contributed by atoms with Crippen LogP contribution in [0.15, 0.2) is 78.9 Å². The second-order valence-electron chi connectivity index (χ2n) is 9.63. The van der Waals surface area contributed by atoms with Crippen molar-refractivity contribution in [3.63, 3.8) is 0 Å². The van der Waals surface area contributed by atoms with Crippen LogP contribution in [0.2, 0.25) is 0 Å². The number of hydrogen-bond donors (Lipinski definition) is 1. The summed E-state index contributed by atoms with van der Waals surface area (Å²) < 4.78 is 11.5. The quantitative estimate of drug-likeness (QED) is 0.323. The number of hydrogen-bond acceptors (Lipinski definition) is 5. The van der Waals surface area contributed by atoms with Gasteiger partial charge < -0.3 is 14.8 Å². The van der Waals surface area contributed by atoms with E-state index in [1.807, 2.05) is 55.6 Å². The molecule has 0 radical (unpaired) electrons. The van der Waals surface area contributed by atoms with Gasteiger partial charge in [-0.3, -0.25) is 9.69 Å². The Morgan fingerprint density at radius 1 is 0.944 bits per heavy atom. The molecular weight excluding hydrogens is 448 g/mol. The fourth-order valence-electron chi connectivity index (χ4n) is 4.84. The van der Waals surface area contributed by atoms with Gasteiger partial charge >= 0.3 is 0 Å². The van der Waals surface area contributed by atoms with Crippen molar-refractivity contribution in [3.05, 3.63) is 95.6 Å². The molecule has 190 valence electrons. The zero-order valence-corrected chi connectivity index (χ0v) is 21.5. The first-order chi connectivity index (χ1) is 17.6. The van der Waals surface area contributed by atoms with Crippen LogP contribution in [-0.4, -0.2) is 44.5 Å². The van der Waals surface area contributed by atoms with E-state index in [-0.39, 0.29) is 11.9 Å². The Balaban J connectivity index is 1.30. The summed E-state index contributed by atoms with van der Waals surface area (Å²) in [5, 5.41) is 3.21. The number of Topliss-reactive ketones (excluding diaryl/α,β-unsaturated/α-hetero) is 1. The Hall–Kier alpha value is -3.15. The van der Waals surface area contributed by atoms with E-state index in [9.17, 15) is 4.79 Å². The molecule has 0 saturated carbocycles. The highest BCUT2D eigenvalue weighted by atomic mass is 16.5. The van der Waals surface area contributed by atoms with E-state index in [4.69, 9.17) is 9.47 Å². The molecule has 1 aliphatic rings. The molecule has 0 bridgehead atoms. The molecule has 0 spiro atoms. The summed E-state index contributed by atoms with van der Waals surface area (Å²) in [5.41, 5.74) is 3.23. The second kappa shape index (κ2) is 13.2. The molecule has 4 rings (SSSR count). The van der Waals surface area contributed by atoms with Gasteiger partial charge in [-0.1, -0.05) is 54.6 Å². The molecule has 3 aromatic carbocycles. The van der Waals surface area contributed by atoms with Gasteiger partial charge in [0.15, 0.2) is 5.78 Å². The van der Waals surface area contributed by atoms with Gasteiger partial charge in [-0.05, 0) is 80.8 Å². The van der Waals surface area contributed by atoms with Crippen LogP contribution in [-0.2, 0) is 6.54 Å². The molecule has 1 fully saturated rings. The summed E-state index contributed by atoms with van der Waals surface area (Å²) in [5.74, 6) is 2.31. The molecule has 1 atom stereocenters. The van der Waals surface area contributed by atoms with Crippen LogP contribution in [0, 0.1) is 5.92 Å². The number of nitrogens with zero attached hydrogens (tertiary/aromatic N) is 1. The van der Waals surface area contributed by atoms with E-state index in [2.05, 4.69) is 40.5 Å². The molecule has 1 saturated heterocycles. The number of benzene rings is 3. The predicted octanol–water partition coefficient (Wildman–Crippen LogP) is 5.91. The third-order valence-corrected chi connectivity index (χ3v) is 7.03. The molecule has 36 heavy (non-hydrogen) atoms. The smallest absolute Gasteiger partial charge is 0.163 e. The van der Waals surface area contributed by atoms with Crippen molar-refractivity contribution < 1.29 is 14.3 Å². The van der Waals surface area contributed by atoms with Gasteiger partial charge in [0.1, 0.15) is 17.6 Å². The minimum atomic E-state index is -0.0936. The van der Waals surface area contributed by atoms with Crippen molar-refractivity contribution in [2.45, 2.75) is 38.3 Å². The third-order valence-electron chi connectivity index (χ3n) is 7.03. The van der Waals surface area contributed by atoms with Crippen LogP contribution in [0.5, 0.6) is 11.5 Å². The Labute approximate surface area is 215 Å². The molecule has 1 heterocycles. The topological polar surface area (TPSA) is 50.8 Å². The molecule has 1 unspecified atom stereocenters. The van der Waals surface area contributed by atoms with Crippen molar-refractivity contribution in [3.8, 4) is 11.5 Å². The zero-order valence-electron chi connectivity index (χ0n) is 21.5. The lowest BCUT2D eigenvalue weighted by Gasteiger charge is -2.31. The van der Waals surface area contributed by atoms with Crippen LogP contribution in [0.1, 0.15) is 53.3 Å². The Morgan fingerprint density at radius 2 is 1.61 bits per heavy atom. The first-order valence-corrected chi connectivity index (χ1v) is 13.0. The first kappa shape index (κ1) is 25.9. The summed E-state index contributed by atoms with van der Waals surface area (Å²) in [6.45, 7) is 3.95. The molecular formula is C31H38N2O3. The largest absolute Gasteiger partial charge is 0.497 e. The van der Waals surface area contributed by atoms with Gasteiger partial charge in [0.05, 0.1) is 7.11 Å². The fraction of sp³-hybridized carbons (Fsp3) is 0.387. The summed E-state index contributed by atoms with van der Waals surface area (Å²) in [7, 11) is 3.60. The van der Waals surface area contributed by atoms with Gasteiger partial charge in [0.25, 0.3) is 0 Å². The molecule has 0 aliphatic carbocycles. The van der Waals surface area contributed by atoms with Gasteiger partial charge in [-0.2, -0.15) is 0 Å². The summed E-state index contributed by atoms with van der Waals surface area (Å²) in [6.07, 6.45) is 3.53. The highest BCUT2D eigenvalue weighted by Crippen LogP contribution is 2.28. The maximum absolute atomic E-state index is 13.0. The fourth-order valence-corrected chi connectivity index (χ4v) is 4.84. The number of ketones is 1. The molecule has 5 heteroatoms. The van der Waals surface area contributed by atoms with Gasteiger partial charge in [-0.15, -0.1) is 0 Å². The Kier molecular flexibility index (Phi) is 9.54. The lowest BCUT2D eigenvalue weighted by molar-refractivity contribution is 0.0925. The predicted molar refractivity (Wildman–Crippen MR) is 145 cm³/mol. The number of methoxy groups -OCH3 is 1. The number of rotatable bonds is 12. The Bertz CT molecular complexity index is 1060. The number of likely N-dealkylation sites (tertiary alicyclic amines) is 1. The summed E-state index contributed by atoms with van der Waals surface area (Å²) >= 11 is 0. The van der Waals surface area contributed by atoms with Crippen molar-refractivity contribution in [2.75, 3.05) is 33.8 Å². The van der Waals surface area contributed by atoms with E-state index < -0.39 is 0 Å². The maximum atomic E-state index is 13.0. The average molecular weight is 487 g/mol. The molecule has 0 amide bonds. The lowest BCUT2D eigenvalue weighted by Crippen LogP contribution is -2.33. The molecule has 1 N–H and O–H groups in total. The lowest BCUT2D eigenvalue weighted by atomic mass is 9.89. The minimum absolute atomic E-state index is 0.0936. The monoisotopic (exact) mass is 486 g/mol. The first-order valence-electron chi connectivity index (χ1n) is 13.0. The summed E-state index contributed by atoms with van der Waals surface area (Å²) in [6, 6.07) is 26.3. The van der Waals surface area contributed by atoms with E-state index in [0.29, 0.717) is 12.3 Å². The zero-order chi connectivity index (χ0) is 25.2. The van der Waals surface area contributed by atoms with Crippen LogP contribution in [0.4, 0.5) is 0 Å². The van der Waals surface area contributed by atoms with Crippen LogP contribution in [0.3, 0.4) is 0 Å². The van der Waals surface area contributed by atoms with E-state index in [1.54, 1.807) is 7.11 Å². The van der Waals surface area contributed by atoms with Gasteiger partial charge in [-0.25, -0.2) is 0 Å². The van der Waals surface area contributed by atoms with E-state index >= 15 is 0 Å². The van der Waals surface area contributed by atoms with Gasteiger partial charge in [0.2, 0.25) is 0 Å². The van der Waals surface area contributed by atoms with Crippen molar-refractivity contribution in [1.82, 2.24) is 10.2 Å².